The highest BCUT2D eigenvalue weighted by Gasteiger charge is 2.20. The van der Waals surface area contributed by atoms with Crippen molar-refractivity contribution in [1.82, 2.24) is 4.98 Å². The summed E-state index contributed by atoms with van der Waals surface area (Å²) in [6.07, 6.45) is 0. The van der Waals surface area contributed by atoms with E-state index in [0.29, 0.717) is 22.8 Å². The second kappa shape index (κ2) is 5.01. The zero-order valence-electron chi connectivity index (χ0n) is 10.9. The molecule has 2 rings (SSSR count). The van der Waals surface area contributed by atoms with Gasteiger partial charge in [-0.05, 0) is 12.1 Å². The van der Waals surface area contributed by atoms with Gasteiger partial charge in [0, 0.05) is 18.6 Å². The van der Waals surface area contributed by atoms with E-state index in [1.54, 1.807) is 25.3 Å². The molecule has 0 aliphatic carbocycles. The van der Waals surface area contributed by atoms with E-state index < -0.39 is 0 Å². The molecule has 2 N–H and O–H groups in total. The van der Waals surface area contributed by atoms with Crippen LogP contribution in [0.2, 0.25) is 0 Å². The fourth-order valence-electron chi connectivity index (χ4n) is 1.75. The van der Waals surface area contributed by atoms with Crippen molar-refractivity contribution in [3.05, 3.63) is 24.0 Å². The van der Waals surface area contributed by atoms with Crippen molar-refractivity contribution in [2.24, 2.45) is 0 Å². The Labute approximate surface area is 110 Å². The molecule has 0 amide bonds. The minimum Gasteiger partial charge on any atom is -0.497 e. The molecule has 0 bridgehead atoms. The minimum atomic E-state index is -0.253. The van der Waals surface area contributed by atoms with Crippen molar-refractivity contribution >= 4 is 11.8 Å². The number of rotatable bonds is 4. The van der Waals surface area contributed by atoms with E-state index in [9.17, 15) is 4.79 Å². The number of oxazole rings is 1. The zero-order chi connectivity index (χ0) is 14.0. The lowest BCUT2D eigenvalue weighted by atomic mass is 10.1. The van der Waals surface area contributed by atoms with Crippen molar-refractivity contribution in [1.29, 1.82) is 0 Å². The van der Waals surface area contributed by atoms with Crippen LogP contribution in [-0.2, 0) is 0 Å². The lowest BCUT2D eigenvalue weighted by molar-refractivity contribution is 0.0989. The molecule has 2 aromatic rings. The molecular weight excluding hydrogens is 248 g/mol. The monoisotopic (exact) mass is 262 g/mol. The van der Waals surface area contributed by atoms with E-state index >= 15 is 0 Å². The van der Waals surface area contributed by atoms with Gasteiger partial charge in [-0.2, -0.15) is 4.98 Å². The summed E-state index contributed by atoms with van der Waals surface area (Å²) in [5.74, 6) is 1.02. The van der Waals surface area contributed by atoms with Gasteiger partial charge < -0.3 is 19.6 Å². The third-order valence-corrected chi connectivity index (χ3v) is 2.63. The van der Waals surface area contributed by atoms with Crippen LogP contribution in [0.4, 0.5) is 6.01 Å². The molecule has 100 valence electrons. The van der Waals surface area contributed by atoms with Crippen molar-refractivity contribution < 1.29 is 18.7 Å². The summed E-state index contributed by atoms with van der Waals surface area (Å²) < 4.78 is 15.5. The second-order valence-electron chi connectivity index (χ2n) is 3.85. The van der Waals surface area contributed by atoms with Crippen LogP contribution in [0.3, 0.4) is 0 Å². The van der Waals surface area contributed by atoms with Crippen LogP contribution in [0, 0.1) is 0 Å². The van der Waals surface area contributed by atoms with Crippen LogP contribution in [0.15, 0.2) is 22.6 Å². The molecule has 0 atom stereocenters. The van der Waals surface area contributed by atoms with Gasteiger partial charge in [-0.25, -0.2) is 0 Å². The first kappa shape index (κ1) is 12.9. The lowest BCUT2D eigenvalue weighted by Crippen LogP contribution is -1.96. The van der Waals surface area contributed by atoms with Crippen molar-refractivity contribution in [3.8, 4) is 22.8 Å². The molecule has 19 heavy (non-hydrogen) atoms. The van der Waals surface area contributed by atoms with E-state index in [1.807, 2.05) is 0 Å². The Bertz CT molecular complexity index is 619. The number of aromatic nitrogens is 1. The summed E-state index contributed by atoms with van der Waals surface area (Å²) in [4.78, 5) is 15.6. The number of carbonyl (C=O) groups is 1. The molecule has 0 aliphatic heterocycles. The van der Waals surface area contributed by atoms with E-state index in [-0.39, 0.29) is 17.6 Å². The molecule has 0 fully saturated rings. The van der Waals surface area contributed by atoms with Crippen LogP contribution in [-0.4, -0.2) is 25.0 Å². The molecule has 1 heterocycles. The fraction of sp³-hybridized carbons (Fsp3) is 0.231. The van der Waals surface area contributed by atoms with Gasteiger partial charge in [0.15, 0.2) is 11.5 Å². The summed E-state index contributed by atoms with van der Waals surface area (Å²) in [7, 11) is 3.08. The summed E-state index contributed by atoms with van der Waals surface area (Å²) in [6.45, 7) is 1.39. The number of nitrogen functional groups attached to an aromatic ring is 1. The van der Waals surface area contributed by atoms with E-state index in [0.717, 1.165) is 0 Å². The van der Waals surface area contributed by atoms with Gasteiger partial charge in [0.25, 0.3) is 6.01 Å². The third kappa shape index (κ3) is 2.37. The number of hydrogen-bond donors (Lipinski definition) is 1. The van der Waals surface area contributed by atoms with Gasteiger partial charge in [0.2, 0.25) is 0 Å². The summed E-state index contributed by atoms with van der Waals surface area (Å²) in [6, 6.07) is 5.12. The van der Waals surface area contributed by atoms with Gasteiger partial charge in [-0.1, -0.05) is 0 Å². The Morgan fingerprint density at radius 3 is 2.63 bits per heavy atom. The third-order valence-electron chi connectivity index (χ3n) is 2.63. The molecule has 0 aliphatic rings. The maximum atomic E-state index is 11.5. The number of methoxy groups -OCH3 is 2. The van der Waals surface area contributed by atoms with E-state index in [4.69, 9.17) is 19.6 Å². The predicted octanol–water partition coefficient (Wildman–Crippen LogP) is 2.14. The predicted molar refractivity (Wildman–Crippen MR) is 69.5 cm³/mol. The molecule has 0 saturated carbocycles. The smallest absolute Gasteiger partial charge is 0.293 e. The molecule has 0 unspecified atom stereocenters. The number of ether oxygens (including phenoxy) is 2. The number of benzene rings is 1. The number of ketones is 1. The Kier molecular flexibility index (Phi) is 3.41. The quantitative estimate of drug-likeness (QED) is 0.849. The minimum absolute atomic E-state index is 0.0573. The number of hydrogen-bond acceptors (Lipinski definition) is 6. The van der Waals surface area contributed by atoms with Crippen molar-refractivity contribution in [2.45, 2.75) is 6.92 Å². The SMILES string of the molecule is COc1ccc(-c2nc(N)oc2C(C)=O)c(OC)c1. The largest absolute Gasteiger partial charge is 0.497 e. The van der Waals surface area contributed by atoms with E-state index in [1.165, 1.54) is 14.0 Å². The van der Waals surface area contributed by atoms with Crippen LogP contribution >= 0.6 is 0 Å². The first-order valence-electron chi connectivity index (χ1n) is 5.56. The number of Topliss-reactive ketones (excluding diaryl/α,β-unsaturated/α-hetero) is 1. The molecule has 0 radical (unpaired) electrons. The average Bonchev–Trinajstić information content (AvgIpc) is 2.80. The Balaban J connectivity index is 2.61. The lowest BCUT2D eigenvalue weighted by Gasteiger charge is -2.08. The van der Waals surface area contributed by atoms with Gasteiger partial charge in [0.1, 0.15) is 17.2 Å². The summed E-state index contributed by atoms with van der Waals surface area (Å²) in [5, 5.41) is 0. The highest BCUT2D eigenvalue weighted by Crippen LogP contribution is 2.35. The average molecular weight is 262 g/mol. The molecule has 1 aromatic carbocycles. The standard InChI is InChI=1S/C13H14N2O4/c1-7(16)12-11(15-13(14)19-12)9-5-4-8(17-2)6-10(9)18-3/h4-6H,1-3H3,(H2,14,15). The number of nitrogens with zero attached hydrogens (tertiary/aromatic N) is 1. The summed E-state index contributed by atoms with van der Waals surface area (Å²) >= 11 is 0. The van der Waals surface area contributed by atoms with Crippen molar-refractivity contribution in [3.63, 3.8) is 0 Å². The van der Waals surface area contributed by atoms with Gasteiger partial charge in [-0.15, -0.1) is 0 Å². The second-order valence-corrected chi connectivity index (χ2v) is 3.85. The number of anilines is 1. The number of carbonyl (C=O) groups excluding carboxylic acids is 1. The molecule has 1 aromatic heterocycles. The van der Waals surface area contributed by atoms with Gasteiger partial charge in [0.05, 0.1) is 14.2 Å². The van der Waals surface area contributed by atoms with Crippen LogP contribution < -0.4 is 15.2 Å². The normalized spacial score (nSPS) is 10.3. The number of nitrogens with two attached hydrogens (primary N) is 1. The van der Waals surface area contributed by atoms with E-state index in [2.05, 4.69) is 4.98 Å². The summed E-state index contributed by atoms with van der Waals surface area (Å²) in [5.41, 5.74) is 6.49. The maximum absolute atomic E-state index is 11.5. The zero-order valence-corrected chi connectivity index (χ0v) is 10.9. The van der Waals surface area contributed by atoms with Gasteiger partial charge >= 0.3 is 0 Å². The highest BCUT2D eigenvalue weighted by atomic mass is 16.5. The van der Waals surface area contributed by atoms with Crippen molar-refractivity contribution in [2.75, 3.05) is 20.0 Å². The first-order chi connectivity index (χ1) is 9.06. The molecule has 0 saturated heterocycles. The molecule has 6 heteroatoms. The fourth-order valence-corrected chi connectivity index (χ4v) is 1.75. The Morgan fingerprint density at radius 2 is 2.05 bits per heavy atom. The van der Waals surface area contributed by atoms with Gasteiger partial charge in [-0.3, -0.25) is 4.79 Å². The molecular formula is C13H14N2O4. The topological polar surface area (TPSA) is 87.6 Å². The van der Waals surface area contributed by atoms with Crippen LogP contribution in [0.1, 0.15) is 17.5 Å². The highest BCUT2D eigenvalue weighted by molar-refractivity contribution is 5.98. The molecule has 0 spiro atoms. The van der Waals surface area contributed by atoms with Crippen LogP contribution in [0.25, 0.3) is 11.3 Å². The Hall–Kier alpha value is -2.50. The molecule has 6 nitrogen and oxygen atoms in total. The Morgan fingerprint density at radius 1 is 1.32 bits per heavy atom. The first-order valence-corrected chi connectivity index (χ1v) is 5.56. The van der Waals surface area contributed by atoms with Crippen LogP contribution in [0.5, 0.6) is 11.5 Å². The maximum Gasteiger partial charge on any atom is 0.293 e.